The first-order valence-corrected chi connectivity index (χ1v) is 11.8. The minimum Gasteiger partial charge on any atom is -0.465 e. The van der Waals surface area contributed by atoms with Crippen LogP contribution in [-0.2, 0) is 11.3 Å². The molecule has 0 spiro atoms. The third kappa shape index (κ3) is 4.42. The summed E-state index contributed by atoms with van der Waals surface area (Å²) >= 11 is 2.41. The van der Waals surface area contributed by atoms with Gasteiger partial charge < -0.3 is 14.6 Å². The minimum atomic E-state index is -0.304. The van der Waals surface area contributed by atoms with E-state index in [4.69, 9.17) is 4.74 Å². The van der Waals surface area contributed by atoms with Crippen molar-refractivity contribution in [3.63, 3.8) is 0 Å². The predicted octanol–water partition coefficient (Wildman–Crippen LogP) is 7.09. The van der Waals surface area contributed by atoms with Crippen LogP contribution in [0.25, 0.3) is 10.9 Å². The molecule has 0 atom stereocenters. The normalized spacial score (nSPS) is 16.1. The molecule has 1 fully saturated rings. The number of carbonyl (C=O) groups excluding carboxylic acids is 1. The molecule has 0 amide bonds. The van der Waals surface area contributed by atoms with E-state index >= 15 is 0 Å². The van der Waals surface area contributed by atoms with Crippen molar-refractivity contribution in [1.82, 2.24) is 4.57 Å². The maximum absolute atomic E-state index is 12.4. The Balaban J connectivity index is 1.40. The van der Waals surface area contributed by atoms with Gasteiger partial charge in [0.05, 0.1) is 18.4 Å². The Kier molecular flexibility index (Phi) is 5.61. The third-order valence-corrected chi connectivity index (χ3v) is 7.00. The van der Waals surface area contributed by atoms with Gasteiger partial charge in [-0.1, -0.05) is 23.8 Å². The van der Waals surface area contributed by atoms with Gasteiger partial charge in [-0.05, 0) is 99.7 Å². The van der Waals surface area contributed by atoms with Crippen molar-refractivity contribution < 1.29 is 9.53 Å². The zero-order valence-electron chi connectivity index (χ0n) is 17.5. The molecule has 1 N–H and O–H groups in total. The fraction of sp³-hybridized carbons (Fsp3) is 0.269. The Morgan fingerprint density at radius 2 is 2.00 bits per heavy atom. The second-order valence-corrected chi connectivity index (χ2v) is 9.74. The van der Waals surface area contributed by atoms with Gasteiger partial charge in [0, 0.05) is 29.3 Å². The van der Waals surface area contributed by atoms with E-state index in [9.17, 15) is 4.79 Å². The number of fused-ring (bicyclic) bond motifs is 1. The molecule has 4 nitrogen and oxygen atoms in total. The summed E-state index contributed by atoms with van der Waals surface area (Å²) in [6, 6.07) is 14.6. The maximum Gasteiger partial charge on any atom is 0.339 e. The minimum absolute atomic E-state index is 0.304. The second-order valence-electron chi connectivity index (χ2n) is 8.35. The fourth-order valence-corrected chi connectivity index (χ4v) is 4.65. The van der Waals surface area contributed by atoms with Crippen LogP contribution in [0.3, 0.4) is 0 Å². The molecule has 0 saturated heterocycles. The number of methoxy groups -OCH3 is 1. The molecule has 158 valence electrons. The van der Waals surface area contributed by atoms with Crippen LogP contribution in [0.2, 0.25) is 0 Å². The summed E-state index contributed by atoms with van der Waals surface area (Å²) in [5.74, 6) is 0.286. The largest absolute Gasteiger partial charge is 0.465 e. The molecular formula is C26H25IN2O2. The molecule has 2 aliphatic carbocycles. The number of nitrogens with one attached hydrogen (secondary N) is 1. The molecule has 5 heteroatoms. The highest BCUT2D eigenvalue weighted by atomic mass is 127. The van der Waals surface area contributed by atoms with Crippen molar-refractivity contribution in [3.8, 4) is 0 Å². The van der Waals surface area contributed by atoms with E-state index in [0.717, 1.165) is 30.8 Å². The number of allylic oxidation sites excluding steroid dienone is 4. The Labute approximate surface area is 196 Å². The summed E-state index contributed by atoms with van der Waals surface area (Å²) in [5.41, 5.74) is 6.23. The van der Waals surface area contributed by atoms with Crippen molar-refractivity contribution in [1.29, 1.82) is 0 Å². The van der Waals surface area contributed by atoms with Crippen LogP contribution in [0.1, 0.15) is 47.5 Å². The van der Waals surface area contributed by atoms with Crippen molar-refractivity contribution in [3.05, 3.63) is 81.1 Å². The monoisotopic (exact) mass is 524 g/mol. The Hall–Kier alpha value is -2.54. The summed E-state index contributed by atoms with van der Waals surface area (Å²) in [6.07, 6.45) is 11.3. The number of esters is 1. The smallest absolute Gasteiger partial charge is 0.339 e. The molecule has 31 heavy (non-hydrogen) atoms. The van der Waals surface area contributed by atoms with E-state index in [1.165, 1.54) is 45.6 Å². The van der Waals surface area contributed by atoms with Crippen LogP contribution in [0, 0.1) is 0 Å². The first-order valence-electron chi connectivity index (χ1n) is 10.7. The number of ether oxygens (including phenoxy) is 1. The van der Waals surface area contributed by atoms with Gasteiger partial charge in [0.15, 0.2) is 0 Å². The van der Waals surface area contributed by atoms with Gasteiger partial charge >= 0.3 is 5.97 Å². The van der Waals surface area contributed by atoms with Gasteiger partial charge in [0.2, 0.25) is 0 Å². The zero-order chi connectivity index (χ0) is 21.4. The molecule has 3 aromatic rings. The highest BCUT2D eigenvalue weighted by molar-refractivity contribution is 14.1. The van der Waals surface area contributed by atoms with E-state index in [1.54, 1.807) is 0 Å². The van der Waals surface area contributed by atoms with Crippen LogP contribution >= 0.6 is 22.6 Å². The predicted molar refractivity (Wildman–Crippen MR) is 134 cm³/mol. The van der Waals surface area contributed by atoms with Crippen LogP contribution in [0.5, 0.6) is 0 Å². The van der Waals surface area contributed by atoms with Gasteiger partial charge in [0.1, 0.15) is 0 Å². The first kappa shape index (κ1) is 20.4. The zero-order valence-corrected chi connectivity index (χ0v) is 19.7. The molecule has 1 saturated carbocycles. The van der Waals surface area contributed by atoms with Gasteiger partial charge in [-0.2, -0.15) is 0 Å². The van der Waals surface area contributed by atoms with Gasteiger partial charge in [-0.25, -0.2) is 4.79 Å². The van der Waals surface area contributed by atoms with Crippen LogP contribution in [0.4, 0.5) is 11.4 Å². The summed E-state index contributed by atoms with van der Waals surface area (Å²) in [7, 11) is 1.43. The molecule has 2 aliphatic rings. The highest BCUT2D eigenvalue weighted by Crippen LogP contribution is 2.41. The van der Waals surface area contributed by atoms with E-state index < -0.39 is 0 Å². The number of rotatable bonds is 6. The lowest BCUT2D eigenvalue weighted by molar-refractivity contribution is 0.0602. The number of benzene rings is 2. The standard InChI is InChI=1S/C26H25IN2O2/c1-31-26(30)23-15-19(18-4-5-18)6-10-24(23)28-22-9-11-25-20(14-22)12-13-29(25)16-17-2-7-21(27)8-3-17/h2,6-7,9-15,18,28H,3-5,8,16H2,1H3. The van der Waals surface area contributed by atoms with Crippen LogP contribution in [-0.4, -0.2) is 17.6 Å². The molecule has 1 heterocycles. The molecule has 2 aromatic carbocycles. The molecule has 5 rings (SSSR count). The quantitative estimate of drug-likeness (QED) is 0.277. The summed E-state index contributed by atoms with van der Waals surface area (Å²) in [5, 5.41) is 4.61. The van der Waals surface area contributed by atoms with E-state index in [-0.39, 0.29) is 5.97 Å². The number of halogens is 1. The third-order valence-electron chi connectivity index (χ3n) is 6.11. The number of hydrogen-bond acceptors (Lipinski definition) is 3. The fourth-order valence-electron chi connectivity index (χ4n) is 4.20. The first-order chi connectivity index (χ1) is 15.1. The van der Waals surface area contributed by atoms with Crippen LogP contribution < -0.4 is 5.32 Å². The maximum atomic E-state index is 12.4. The number of hydrogen-bond donors (Lipinski definition) is 1. The molecule has 0 aliphatic heterocycles. The lowest BCUT2D eigenvalue weighted by Gasteiger charge is -2.14. The Bertz CT molecular complexity index is 1220. The van der Waals surface area contributed by atoms with E-state index in [2.05, 4.69) is 81.2 Å². The average Bonchev–Trinajstić information content (AvgIpc) is 3.57. The molecule has 1 aromatic heterocycles. The molecule has 0 radical (unpaired) electrons. The molecule has 0 unspecified atom stereocenters. The number of nitrogens with zero attached hydrogens (tertiary/aromatic N) is 1. The lowest BCUT2D eigenvalue weighted by atomic mass is 10.0. The second kappa shape index (κ2) is 8.54. The van der Waals surface area contributed by atoms with Crippen molar-refractivity contribution in [2.24, 2.45) is 0 Å². The van der Waals surface area contributed by atoms with Crippen LogP contribution in [0.15, 0.2) is 70.0 Å². The lowest BCUT2D eigenvalue weighted by Crippen LogP contribution is -2.06. The average molecular weight is 524 g/mol. The summed E-state index contributed by atoms with van der Waals surface area (Å²) in [4.78, 5) is 12.4. The highest BCUT2D eigenvalue weighted by Gasteiger charge is 2.25. The summed E-state index contributed by atoms with van der Waals surface area (Å²) < 4.78 is 8.76. The van der Waals surface area contributed by atoms with Crippen molar-refractivity contribution >= 4 is 50.8 Å². The van der Waals surface area contributed by atoms with E-state index in [1.807, 2.05) is 12.1 Å². The van der Waals surface area contributed by atoms with Crippen molar-refractivity contribution in [2.45, 2.75) is 38.1 Å². The number of anilines is 2. The number of carbonyl (C=O) groups is 1. The number of aromatic nitrogens is 1. The topological polar surface area (TPSA) is 43.3 Å². The molecule has 0 bridgehead atoms. The van der Waals surface area contributed by atoms with Gasteiger partial charge in [-0.15, -0.1) is 0 Å². The Morgan fingerprint density at radius 1 is 1.13 bits per heavy atom. The SMILES string of the molecule is COC(=O)c1cc(C2CC2)ccc1Nc1ccc2c(ccn2CC2=CC=C(I)CC2)c1. The Morgan fingerprint density at radius 3 is 2.74 bits per heavy atom. The van der Waals surface area contributed by atoms with Gasteiger partial charge in [-0.3, -0.25) is 0 Å². The van der Waals surface area contributed by atoms with Crippen molar-refractivity contribution in [2.75, 3.05) is 12.4 Å². The molecular weight excluding hydrogens is 499 g/mol. The summed E-state index contributed by atoms with van der Waals surface area (Å²) in [6.45, 7) is 0.922. The van der Waals surface area contributed by atoms with E-state index in [0.29, 0.717) is 11.5 Å². The van der Waals surface area contributed by atoms with Gasteiger partial charge in [0.25, 0.3) is 0 Å².